The minimum Gasteiger partial charge on any atom is -0.508 e. The molecule has 3 rings (SSSR count). The summed E-state index contributed by atoms with van der Waals surface area (Å²) in [5.74, 6) is -0.0757. The van der Waals surface area contributed by atoms with Crippen LogP contribution in [0.4, 0.5) is 5.69 Å². The molecule has 0 unspecified atom stereocenters. The minimum atomic E-state index is -0.201. The van der Waals surface area contributed by atoms with Gasteiger partial charge >= 0.3 is 0 Å². The van der Waals surface area contributed by atoms with Gasteiger partial charge < -0.3 is 10.4 Å². The Labute approximate surface area is 148 Å². The first kappa shape index (κ1) is 16.8. The Balaban J connectivity index is 1.84. The second-order valence-electron chi connectivity index (χ2n) is 6.14. The normalized spacial score (nSPS) is 11.7. The number of aryl methyl sites for hydroxylation is 1. The van der Waals surface area contributed by atoms with Crippen molar-refractivity contribution >= 4 is 11.6 Å². The van der Waals surface area contributed by atoms with Crippen LogP contribution >= 0.6 is 0 Å². The summed E-state index contributed by atoms with van der Waals surface area (Å²) in [5, 5.41) is 13.2. The molecule has 1 atom stereocenters. The van der Waals surface area contributed by atoms with E-state index in [-0.39, 0.29) is 24.0 Å². The van der Waals surface area contributed by atoms with E-state index in [1.165, 1.54) is 0 Å². The molecule has 0 fully saturated rings. The summed E-state index contributed by atoms with van der Waals surface area (Å²) < 4.78 is 0. The summed E-state index contributed by atoms with van der Waals surface area (Å²) in [4.78, 5) is 12.6. The van der Waals surface area contributed by atoms with Gasteiger partial charge in [0.05, 0.1) is 0 Å². The molecular weight excluding hydrogens is 310 g/mol. The summed E-state index contributed by atoms with van der Waals surface area (Å²) in [7, 11) is 0. The lowest BCUT2D eigenvalue weighted by Crippen LogP contribution is -2.16. The molecule has 0 aliphatic carbocycles. The van der Waals surface area contributed by atoms with E-state index in [1.807, 2.05) is 73.7 Å². The van der Waals surface area contributed by atoms with E-state index in [4.69, 9.17) is 0 Å². The molecule has 2 N–H and O–H groups in total. The van der Waals surface area contributed by atoms with E-state index in [0.29, 0.717) is 0 Å². The van der Waals surface area contributed by atoms with Gasteiger partial charge in [0, 0.05) is 23.6 Å². The summed E-state index contributed by atoms with van der Waals surface area (Å²) >= 11 is 0. The molecule has 3 aromatic rings. The van der Waals surface area contributed by atoms with E-state index < -0.39 is 0 Å². The third-order valence-corrected chi connectivity index (χ3v) is 4.24. The highest BCUT2D eigenvalue weighted by Gasteiger charge is 2.20. The molecule has 3 aromatic carbocycles. The van der Waals surface area contributed by atoms with Gasteiger partial charge in [-0.3, -0.25) is 4.79 Å². The highest BCUT2D eigenvalue weighted by atomic mass is 16.3. The number of phenolic OH excluding ortho intramolecular Hbond substituents is 1. The highest BCUT2D eigenvalue weighted by molar-refractivity contribution is 5.91. The molecule has 0 radical (unpaired) electrons. The number of carbonyl (C=O) groups excluding carboxylic acids is 1. The van der Waals surface area contributed by atoms with Gasteiger partial charge in [-0.2, -0.15) is 0 Å². The van der Waals surface area contributed by atoms with Crippen LogP contribution in [0, 0.1) is 6.92 Å². The standard InChI is InChI=1S/C22H21NO2/c1-16-11-13-18(14-12-16)23-22(25)15-20(17-7-3-2-4-8-17)19-9-5-6-10-21(19)24/h2-14,20,24H,15H2,1H3,(H,23,25)/t20-/m0/s1. The van der Waals surface area contributed by atoms with E-state index >= 15 is 0 Å². The monoisotopic (exact) mass is 331 g/mol. The summed E-state index contributed by atoms with van der Waals surface area (Å²) in [6, 6.07) is 24.7. The Morgan fingerprint density at radius 3 is 2.24 bits per heavy atom. The molecule has 25 heavy (non-hydrogen) atoms. The number of amides is 1. The van der Waals surface area contributed by atoms with Crippen molar-refractivity contribution in [2.45, 2.75) is 19.3 Å². The Morgan fingerprint density at radius 2 is 1.56 bits per heavy atom. The number of phenols is 1. The lowest BCUT2D eigenvalue weighted by Gasteiger charge is -2.19. The van der Waals surface area contributed by atoms with Crippen molar-refractivity contribution in [2.24, 2.45) is 0 Å². The van der Waals surface area contributed by atoms with Gasteiger partial charge in [-0.25, -0.2) is 0 Å². The molecule has 0 aliphatic heterocycles. The predicted molar refractivity (Wildman–Crippen MR) is 101 cm³/mol. The van der Waals surface area contributed by atoms with Gasteiger partial charge in [-0.15, -0.1) is 0 Å². The summed E-state index contributed by atoms with van der Waals surface area (Å²) in [5.41, 5.74) is 3.69. The maximum absolute atomic E-state index is 12.6. The van der Waals surface area contributed by atoms with Crippen molar-refractivity contribution in [3.8, 4) is 5.75 Å². The minimum absolute atomic E-state index is 0.0824. The van der Waals surface area contributed by atoms with E-state index in [1.54, 1.807) is 12.1 Å². The van der Waals surface area contributed by atoms with E-state index in [2.05, 4.69) is 5.32 Å². The molecule has 0 bridgehead atoms. The molecule has 0 heterocycles. The predicted octanol–water partition coefficient (Wildman–Crippen LogP) is 4.86. The van der Waals surface area contributed by atoms with Crippen LogP contribution in [0.15, 0.2) is 78.9 Å². The van der Waals surface area contributed by atoms with Gasteiger partial charge in [0.2, 0.25) is 5.91 Å². The van der Waals surface area contributed by atoms with Gasteiger partial charge in [0.25, 0.3) is 0 Å². The van der Waals surface area contributed by atoms with E-state index in [9.17, 15) is 9.90 Å². The SMILES string of the molecule is Cc1ccc(NC(=O)C[C@@H](c2ccccc2)c2ccccc2O)cc1. The molecular formula is C22H21NO2. The van der Waals surface area contributed by atoms with Crippen molar-refractivity contribution in [3.63, 3.8) is 0 Å². The number of hydrogen-bond donors (Lipinski definition) is 2. The van der Waals surface area contributed by atoms with Gasteiger partial charge in [-0.05, 0) is 30.7 Å². The molecule has 0 aromatic heterocycles. The maximum atomic E-state index is 12.6. The maximum Gasteiger partial charge on any atom is 0.225 e. The lowest BCUT2D eigenvalue weighted by atomic mass is 9.87. The number of rotatable bonds is 5. The molecule has 1 amide bonds. The molecule has 0 saturated carbocycles. The van der Waals surface area contributed by atoms with Gasteiger partial charge in [0.1, 0.15) is 5.75 Å². The highest BCUT2D eigenvalue weighted by Crippen LogP contribution is 2.33. The van der Waals surface area contributed by atoms with Crippen molar-refractivity contribution in [1.82, 2.24) is 0 Å². The average molecular weight is 331 g/mol. The largest absolute Gasteiger partial charge is 0.508 e. The van der Waals surface area contributed by atoms with Crippen LogP contribution in [-0.2, 0) is 4.79 Å². The third-order valence-electron chi connectivity index (χ3n) is 4.24. The topological polar surface area (TPSA) is 49.3 Å². The molecule has 0 saturated heterocycles. The zero-order valence-corrected chi connectivity index (χ0v) is 14.1. The second kappa shape index (κ2) is 7.67. The van der Waals surface area contributed by atoms with Crippen LogP contribution in [0.25, 0.3) is 0 Å². The van der Waals surface area contributed by atoms with Crippen LogP contribution in [0.1, 0.15) is 29.0 Å². The Bertz CT molecular complexity index is 841. The fraction of sp³-hybridized carbons (Fsp3) is 0.136. The van der Waals surface area contributed by atoms with Crippen molar-refractivity contribution in [1.29, 1.82) is 0 Å². The van der Waals surface area contributed by atoms with Gasteiger partial charge in [0.15, 0.2) is 0 Å². The van der Waals surface area contributed by atoms with Crippen molar-refractivity contribution < 1.29 is 9.90 Å². The lowest BCUT2D eigenvalue weighted by molar-refractivity contribution is -0.116. The number of hydrogen-bond acceptors (Lipinski definition) is 2. The second-order valence-corrected chi connectivity index (χ2v) is 6.14. The molecule has 0 spiro atoms. The van der Waals surface area contributed by atoms with Crippen LogP contribution in [0.3, 0.4) is 0 Å². The number of carbonyl (C=O) groups is 1. The first-order valence-electron chi connectivity index (χ1n) is 8.33. The van der Waals surface area contributed by atoms with Crippen LogP contribution in [-0.4, -0.2) is 11.0 Å². The molecule has 3 heteroatoms. The smallest absolute Gasteiger partial charge is 0.225 e. The zero-order chi connectivity index (χ0) is 17.6. The number of aromatic hydroxyl groups is 1. The summed E-state index contributed by atoms with van der Waals surface area (Å²) in [6.07, 6.45) is 0.259. The first-order chi connectivity index (χ1) is 12.1. The fourth-order valence-corrected chi connectivity index (χ4v) is 2.91. The Hall–Kier alpha value is -3.07. The van der Waals surface area contributed by atoms with Gasteiger partial charge in [-0.1, -0.05) is 66.2 Å². The van der Waals surface area contributed by atoms with Crippen LogP contribution < -0.4 is 5.32 Å². The Kier molecular flexibility index (Phi) is 5.14. The quantitative estimate of drug-likeness (QED) is 0.701. The number of para-hydroxylation sites is 1. The van der Waals surface area contributed by atoms with Crippen LogP contribution in [0.5, 0.6) is 5.75 Å². The first-order valence-corrected chi connectivity index (χ1v) is 8.33. The summed E-state index contributed by atoms with van der Waals surface area (Å²) in [6.45, 7) is 2.01. The number of benzene rings is 3. The van der Waals surface area contributed by atoms with E-state index in [0.717, 1.165) is 22.4 Å². The third kappa shape index (κ3) is 4.27. The Morgan fingerprint density at radius 1 is 0.920 bits per heavy atom. The zero-order valence-electron chi connectivity index (χ0n) is 14.1. The average Bonchev–Trinajstić information content (AvgIpc) is 2.63. The van der Waals surface area contributed by atoms with Crippen molar-refractivity contribution in [3.05, 3.63) is 95.6 Å². The molecule has 3 nitrogen and oxygen atoms in total. The van der Waals surface area contributed by atoms with Crippen molar-refractivity contribution in [2.75, 3.05) is 5.32 Å². The van der Waals surface area contributed by atoms with Crippen LogP contribution in [0.2, 0.25) is 0 Å². The number of nitrogens with one attached hydrogen (secondary N) is 1. The molecule has 0 aliphatic rings. The fourth-order valence-electron chi connectivity index (χ4n) is 2.91. The molecule has 126 valence electrons. The number of anilines is 1.